The Morgan fingerprint density at radius 1 is 1.11 bits per heavy atom. The third-order valence-corrected chi connectivity index (χ3v) is 5.04. The molecule has 2 aromatic carbocycles. The molecule has 1 aromatic heterocycles. The first-order chi connectivity index (χ1) is 13.6. The van der Waals surface area contributed by atoms with E-state index in [0.717, 1.165) is 23.4 Å². The van der Waals surface area contributed by atoms with E-state index in [1.807, 2.05) is 47.0 Å². The lowest BCUT2D eigenvalue weighted by Crippen LogP contribution is -2.14. The van der Waals surface area contributed by atoms with Crippen LogP contribution in [0.15, 0.2) is 53.7 Å². The van der Waals surface area contributed by atoms with Crippen LogP contribution in [0, 0.1) is 0 Å². The summed E-state index contributed by atoms with van der Waals surface area (Å²) in [4.78, 5) is 11.2. The number of para-hydroxylation sites is 1. The van der Waals surface area contributed by atoms with Crippen LogP contribution in [0.2, 0.25) is 0 Å². The molecule has 0 aliphatic heterocycles. The van der Waals surface area contributed by atoms with Gasteiger partial charge >= 0.3 is 0 Å². The van der Waals surface area contributed by atoms with Gasteiger partial charge in [-0.05, 0) is 42.3 Å². The van der Waals surface area contributed by atoms with E-state index in [9.17, 15) is 4.79 Å². The highest BCUT2D eigenvalue weighted by atomic mass is 32.2. The number of carbonyl (C=O) groups excluding carboxylic acids is 1. The average Bonchev–Trinajstić information content (AvgIpc) is 3.13. The molecule has 0 aliphatic carbocycles. The Bertz CT molecular complexity index is 941. The summed E-state index contributed by atoms with van der Waals surface area (Å²) in [5.41, 5.74) is 7.41. The molecule has 0 fully saturated rings. The Labute approximate surface area is 167 Å². The zero-order chi connectivity index (χ0) is 19.9. The smallest absolute Gasteiger partial charge is 0.227 e. The van der Waals surface area contributed by atoms with Gasteiger partial charge in [0.25, 0.3) is 0 Å². The lowest BCUT2D eigenvalue weighted by atomic mass is 10.1. The minimum absolute atomic E-state index is 0.131. The summed E-state index contributed by atoms with van der Waals surface area (Å²) in [6.45, 7) is 2.32. The number of benzene rings is 2. The maximum Gasteiger partial charge on any atom is 0.227 e. The summed E-state index contributed by atoms with van der Waals surface area (Å²) in [5.74, 6) is 1.83. The third-order valence-electron chi connectivity index (χ3n) is 4.08. The zero-order valence-corrected chi connectivity index (χ0v) is 16.6. The predicted molar refractivity (Wildman–Crippen MR) is 108 cm³/mol. The molecule has 0 aliphatic rings. The van der Waals surface area contributed by atoms with E-state index in [4.69, 9.17) is 15.2 Å². The van der Waals surface area contributed by atoms with Crippen molar-refractivity contribution in [1.29, 1.82) is 0 Å². The van der Waals surface area contributed by atoms with E-state index >= 15 is 0 Å². The first-order valence-electron chi connectivity index (χ1n) is 8.83. The highest BCUT2D eigenvalue weighted by molar-refractivity contribution is 7.99. The number of primary amides is 1. The van der Waals surface area contributed by atoms with Crippen LogP contribution in [0.1, 0.15) is 18.3 Å². The summed E-state index contributed by atoms with van der Waals surface area (Å²) in [6.07, 6.45) is 0.854. The number of rotatable bonds is 9. The fraction of sp³-hybridized carbons (Fsp3) is 0.250. The number of carbonyl (C=O) groups is 1. The quantitative estimate of drug-likeness (QED) is 0.557. The van der Waals surface area contributed by atoms with Crippen molar-refractivity contribution in [3.8, 4) is 17.2 Å². The number of aryl methyl sites for hydroxylation is 1. The number of nitrogens with two attached hydrogens (primary N) is 1. The van der Waals surface area contributed by atoms with Crippen molar-refractivity contribution in [3.05, 3.63) is 59.9 Å². The summed E-state index contributed by atoms with van der Waals surface area (Å²) in [5, 5.41) is 9.14. The van der Waals surface area contributed by atoms with E-state index in [-0.39, 0.29) is 12.4 Å². The van der Waals surface area contributed by atoms with Crippen LogP contribution in [0.25, 0.3) is 5.69 Å². The summed E-state index contributed by atoms with van der Waals surface area (Å²) in [7, 11) is 1.62. The molecule has 0 saturated heterocycles. The molecule has 28 heavy (non-hydrogen) atoms. The van der Waals surface area contributed by atoms with Crippen LogP contribution in [0.4, 0.5) is 0 Å². The predicted octanol–water partition coefficient (Wildman–Crippen LogP) is 2.99. The van der Waals surface area contributed by atoms with Crippen molar-refractivity contribution >= 4 is 17.7 Å². The number of hydrogen-bond donors (Lipinski definition) is 1. The molecule has 2 N–H and O–H groups in total. The number of amides is 1. The molecule has 7 nitrogen and oxygen atoms in total. The second-order valence-corrected chi connectivity index (χ2v) is 6.88. The molecule has 0 bridgehead atoms. The monoisotopic (exact) mass is 398 g/mol. The van der Waals surface area contributed by atoms with Gasteiger partial charge < -0.3 is 15.2 Å². The Morgan fingerprint density at radius 2 is 1.82 bits per heavy atom. The first kappa shape index (κ1) is 19.8. The third kappa shape index (κ3) is 4.64. The number of methoxy groups -OCH3 is 1. The summed E-state index contributed by atoms with van der Waals surface area (Å²) >= 11 is 1.26. The van der Waals surface area contributed by atoms with Crippen molar-refractivity contribution in [3.63, 3.8) is 0 Å². The van der Waals surface area contributed by atoms with Crippen LogP contribution in [-0.2, 0) is 17.8 Å². The minimum atomic E-state index is -0.403. The standard InChI is InChI=1S/C20H22N4O3S/c1-3-14-6-4-5-7-17(14)24-19(22-23-20(24)28-13-18(21)25)12-27-16-10-8-15(26-2)9-11-16/h4-11H,3,12-13H2,1-2H3,(H2,21,25). The first-order valence-corrected chi connectivity index (χ1v) is 9.81. The van der Waals surface area contributed by atoms with Gasteiger partial charge in [0, 0.05) is 0 Å². The molecule has 1 heterocycles. The second-order valence-electron chi connectivity index (χ2n) is 5.94. The molecular weight excluding hydrogens is 376 g/mol. The van der Waals surface area contributed by atoms with Crippen LogP contribution in [0.5, 0.6) is 11.5 Å². The van der Waals surface area contributed by atoms with Gasteiger partial charge in [0.2, 0.25) is 5.91 Å². The van der Waals surface area contributed by atoms with Crippen LogP contribution >= 0.6 is 11.8 Å². The lowest BCUT2D eigenvalue weighted by Gasteiger charge is -2.14. The fourth-order valence-corrected chi connectivity index (χ4v) is 3.42. The summed E-state index contributed by atoms with van der Waals surface area (Å²) in [6, 6.07) is 15.4. The van der Waals surface area contributed by atoms with Gasteiger partial charge in [-0.15, -0.1) is 10.2 Å². The van der Waals surface area contributed by atoms with Gasteiger partial charge in [-0.25, -0.2) is 0 Å². The molecule has 3 aromatic rings. The molecule has 0 radical (unpaired) electrons. The van der Waals surface area contributed by atoms with Gasteiger partial charge in [0.05, 0.1) is 18.6 Å². The number of ether oxygens (including phenoxy) is 2. The largest absolute Gasteiger partial charge is 0.497 e. The molecule has 8 heteroatoms. The number of nitrogens with zero attached hydrogens (tertiary/aromatic N) is 3. The van der Waals surface area contributed by atoms with Crippen molar-refractivity contribution < 1.29 is 14.3 Å². The highest BCUT2D eigenvalue weighted by Crippen LogP contribution is 2.26. The minimum Gasteiger partial charge on any atom is -0.497 e. The van der Waals surface area contributed by atoms with Crippen LogP contribution < -0.4 is 15.2 Å². The second kappa shape index (κ2) is 9.27. The van der Waals surface area contributed by atoms with Crippen molar-refractivity contribution in [2.75, 3.05) is 12.9 Å². The maximum atomic E-state index is 11.2. The highest BCUT2D eigenvalue weighted by Gasteiger charge is 2.17. The topological polar surface area (TPSA) is 92.3 Å². The van der Waals surface area contributed by atoms with E-state index in [1.165, 1.54) is 11.8 Å². The molecule has 0 atom stereocenters. The molecule has 0 unspecified atom stereocenters. The Hall–Kier alpha value is -3.00. The molecule has 3 rings (SSSR count). The van der Waals surface area contributed by atoms with Gasteiger partial charge in [0.15, 0.2) is 11.0 Å². The molecule has 0 saturated carbocycles. The number of thioether (sulfide) groups is 1. The Morgan fingerprint density at radius 3 is 2.50 bits per heavy atom. The molecular formula is C20H22N4O3S. The molecule has 146 valence electrons. The van der Waals surface area contributed by atoms with Crippen molar-refractivity contribution in [1.82, 2.24) is 14.8 Å². The van der Waals surface area contributed by atoms with Crippen LogP contribution in [-0.4, -0.2) is 33.5 Å². The Kier molecular flexibility index (Phi) is 6.54. The fourth-order valence-electron chi connectivity index (χ4n) is 2.71. The normalized spacial score (nSPS) is 10.6. The van der Waals surface area contributed by atoms with E-state index < -0.39 is 5.91 Å². The zero-order valence-electron chi connectivity index (χ0n) is 15.8. The summed E-state index contributed by atoms with van der Waals surface area (Å²) < 4.78 is 13.0. The molecule has 1 amide bonds. The van der Waals surface area contributed by atoms with Crippen molar-refractivity contribution in [2.24, 2.45) is 5.73 Å². The van der Waals surface area contributed by atoms with Crippen molar-refractivity contribution in [2.45, 2.75) is 25.1 Å². The SMILES string of the molecule is CCc1ccccc1-n1c(COc2ccc(OC)cc2)nnc1SCC(N)=O. The molecule has 0 spiro atoms. The average molecular weight is 398 g/mol. The number of aromatic nitrogens is 3. The number of hydrogen-bond acceptors (Lipinski definition) is 6. The van der Waals surface area contributed by atoms with E-state index in [2.05, 4.69) is 23.2 Å². The van der Waals surface area contributed by atoms with Gasteiger partial charge in [-0.1, -0.05) is 36.9 Å². The van der Waals surface area contributed by atoms with Gasteiger partial charge in [-0.3, -0.25) is 9.36 Å². The van der Waals surface area contributed by atoms with E-state index in [1.54, 1.807) is 7.11 Å². The van der Waals surface area contributed by atoms with Gasteiger partial charge in [0.1, 0.15) is 18.1 Å². The van der Waals surface area contributed by atoms with Crippen LogP contribution in [0.3, 0.4) is 0 Å². The Balaban J connectivity index is 1.90. The lowest BCUT2D eigenvalue weighted by molar-refractivity contribution is -0.115. The van der Waals surface area contributed by atoms with E-state index in [0.29, 0.717) is 16.7 Å². The van der Waals surface area contributed by atoms with Gasteiger partial charge in [-0.2, -0.15) is 0 Å². The maximum absolute atomic E-state index is 11.2.